The fraction of sp³-hybridized carbons (Fsp3) is 0.857. The molecule has 0 aromatic carbocycles. The van der Waals surface area contributed by atoms with Crippen molar-refractivity contribution in [3.63, 3.8) is 0 Å². The molecule has 2 aliphatic rings. The van der Waals surface area contributed by atoms with Crippen molar-refractivity contribution >= 4 is 12.4 Å². The first kappa shape index (κ1) is 13.4. The molecule has 2 saturated carbocycles. The number of hydrogen-bond donors (Lipinski definition) is 1. The smallest absolute Gasteiger partial charge is 0.329 e. The van der Waals surface area contributed by atoms with E-state index in [0.717, 1.165) is 32.1 Å². The van der Waals surface area contributed by atoms with Crippen LogP contribution < -0.4 is 0 Å². The highest BCUT2D eigenvalue weighted by Crippen LogP contribution is 2.43. The molecule has 1 N–H and O–H groups in total. The average molecular weight is 253 g/mol. The van der Waals surface area contributed by atoms with Crippen molar-refractivity contribution in [2.45, 2.75) is 64.0 Å². The summed E-state index contributed by atoms with van der Waals surface area (Å²) in [5, 5.41) is 9.67. The molecule has 0 heterocycles. The van der Waals surface area contributed by atoms with Crippen molar-refractivity contribution in [2.24, 2.45) is 11.8 Å². The summed E-state index contributed by atoms with van der Waals surface area (Å²) in [6.07, 6.45) is 5.92. The van der Waals surface area contributed by atoms with Crippen LogP contribution in [0, 0.1) is 11.8 Å². The first-order chi connectivity index (χ1) is 8.51. The third kappa shape index (κ3) is 2.25. The zero-order chi connectivity index (χ0) is 13.3. The van der Waals surface area contributed by atoms with E-state index in [0.29, 0.717) is 24.7 Å². The van der Waals surface area contributed by atoms with Gasteiger partial charge in [0.15, 0.2) is 0 Å². The minimum atomic E-state index is -0.934. The number of carboxylic acid groups (broad SMARTS) is 1. The molecule has 4 heteroatoms. The van der Waals surface area contributed by atoms with E-state index in [-0.39, 0.29) is 6.04 Å². The first-order valence-electron chi connectivity index (χ1n) is 6.98. The van der Waals surface area contributed by atoms with Gasteiger partial charge in [-0.25, -0.2) is 4.79 Å². The van der Waals surface area contributed by atoms with Crippen LogP contribution >= 0.6 is 0 Å². The van der Waals surface area contributed by atoms with Gasteiger partial charge in [-0.3, -0.25) is 4.79 Å². The molecule has 0 aromatic heterocycles. The van der Waals surface area contributed by atoms with Gasteiger partial charge in [0.25, 0.3) is 0 Å². The van der Waals surface area contributed by atoms with Crippen molar-refractivity contribution in [3.05, 3.63) is 0 Å². The maximum atomic E-state index is 11.8. The van der Waals surface area contributed by atoms with E-state index in [4.69, 9.17) is 0 Å². The second kappa shape index (κ2) is 4.90. The summed E-state index contributed by atoms with van der Waals surface area (Å²) in [6, 6.07) is 0.171. The van der Waals surface area contributed by atoms with Gasteiger partial charge >= 0.3 is 5.97 Å². The highest BCUT2D eigenvalue weighted by atomic mass is 16.4. The topological polar surface area (TPSA) is 57.6 Å². The molecule has 2 rings (SSSR count). The largest absolute Gasteiger partial charge is 0.479 e. The monoisotopic (exact) mass is 253 g/mol. The van der Waals surface area contributed by atoms with E-state index in [1.165, 1.54) is 0 Å². The van der Waals surface area contributed by atoms with Crippen LogP contribution in [0.4, 0.5) is 0 Å². The van der Waals surface area contributed by atoms with Gasteiger partial charge in [-0.2, -0.15) is 0 Å². The number of carbonyl (C=O) groups is 2. The molecule has 0 aliphatic heterocycles. The molecular formula is C14H23NO3. The van der Waals surface area contributed by atoms with E-state index in [2.05, 4.69) is 13.8 Å². The summed E-state index contributed by atoms with van der Waals surface area (Å²) in [4.78, 5) is 24.7. The number of aliphatic carboxylic acids is 1. The second-order valence-corrected chi connectivity index (χ2v) is 6.18. The normalized spacial score (nSPS) is 32.3. The van der Waals surface area contributed by atoms with Gasteiger partial charge in [-0.05, 0) is 43.9 Å². The molecular weight excluding hydrogens is 230 g/mol. The molecule has 0 radical (unpaired) electrons. The third-order valence-corrected chi connectivity index (χ3v) is 4.65. The summed E-state index contributed by atoms with van der Waals surface area (Å²) in [7, 11) is 0. The Labute approximate surface area is 108 Å². The van der Waals surface area contributed by atoms with Crippen molar-refractivity contribution < 1.29 is 14.7 Å². The highest BCUT2D eigenvalue weighted by Gasteiger charge is 2.51. The molecule has 0 aromatic rings. The summed E-state index contributed by atoms with van der Waals surface area (Å²) >= 11 is 0. The summed E-state index contributed by atoms with van der Waals surface area (Å²) < 4.78 is 0. The number of carboxylic acids is 1. The fourth-order valence-electron chi connectivity index (χ4n) is 3.29. The minimum absolute atomic E-state index is 0.171. The summed E-state index contributed by atoms with van der Waals surface area (Å²) in [5.74, 6) is 0.0830. The number of hydrogen-bond acceptors (Lipinski definition) is 2. The van der Waals surface area contributed by atoms with Gasteiger partial charge in [0.05, 0.1) is 0 Å². The first-order valence-corrected chi connectivity index (χ1v) is 6.98. The van der Waals surface area contributed by atoms with Crippen LogP contribution in [0.5, 0.6) is 0 Å². The van der Waals surface area contributed by atoms with Gasteiger partial charge in [0.2, 0.25) is 6.41 Å². The predicted octanol–water partition coefficient (Wildman–Crippen LogP) is 2.28. The quantitative estimate of drug-likeness (QED) is 0.765. The van der Waals surface area contributed by atoms with Gasteiger partial charge in [-0.15, -0.1) is 0 Å². The molecule has 2 unspecified atom stereocenters. The van der Waals surface area contributed by atoms with E-state index in [1.54, 1.807) is 4.90 Å². The highest BCUT2D eigenvalue weighted by molar-refractivity contribution is 5.82. The van der Waals surface area contributed by atoms with Crippen molar-refractivity contribution in [1.29, 1.82) is 0 Å². The Kier molecular flexibility index (Phi) is 3.64. The molecule has 0 saturated heterocycles. The number of carbonyl (C=O) groups excluding carboxylic acids is 1. The zero-order valence-electron chi connectivity index (χ0n) is 11.3. The van der Waals surface area contributed by atoms with Crippen LogP contribution in [-0.2, 0) is 9.59 Å². The summed E-state index contributed by atoms with van der Waals surface area (Å²) in [5.41, 5.74) is -0.934. The molecule has 4 nitrogen and oxygen atoms in total. The molecule has 0 bridgehead atoms. The lowest BCUT2D eigenvalue weighted by Gasteiger charge is -2.45. The Balaban J connectivity index is 2.25. The molecule has 2 atom stereocenters. The lowest BCUT2D eigenvalue weighted by Crippen LogP contribution is -2.58. The number of amides is 1. The molecule has 2 fully saturated rings. The maximum absolute atomic E-state index is 11.8. The van der Waals surface area contributed by atoms with Gasteiger partial charge in [0, 0.05) is 6.04 Å². The molecule has 2 aliphatic carbocycles. The number of nitrogens with zero attached hydrogens (tertiary/aromatic N) is 1. The van der Waals surface area contributed by atoms with Crippen molar-refractivity contribution in [2.75, 3.05) is 0 Å². The van der Waals surface area contributed by atoms with Crippen LogP contribution in [0.1, 0.15) is 52.4 Å². The van der Waals surface area contributed by atoms with Crippen LogP contribution in [-0.4, -0.2) is 34.0 Å². The fourth-order valence-corrected chi connectivity index (χ4v) is 3.29. The lowest BCUT2D eigenvalue weighted by atomic mass is 9.71. The van der Waals surface area contributed by atoms with Gasteiger partial charge in [0.1, 0.15) is 5.54 Å². The molecule has 18 heavy (non-hydrogen) atoms. The zero-order valence-corrected chi connectivity index (χ0v) is 11.3. The average Bonchev–Trinajstić information content (AvgIpc) is 3.14. The van der Waals surface area contributed by atoms with Crippen molar-refractivity contribution in [1.82, 2.24) is 4.90 Å². The van der Waals surface area contributed by atoms with Crippen LogP contribution in [0.3, 0.4) is 0 Å². The Morgan fingerprint density at radius 2 is 2.06 bits per heavy atom. The molecule has 1 amide bonds. The Bertz CT molecular complexity index is 338. The standard InChI is InChI=1S/C14H23NO3/c1-10(2)11-4-3-7-14(8-11,13(17)18)15(9-16)12-5-6-12/h9-12H,3-8H2,1-2H3,(H,17,18). The van der Waals surface area contributed by atoms with E-state index < -0.39 is 11.5 Å². The van der Waals surface area contributed by atoms with E-state index in [9.17, 15) is 14.7 Å². The Morgan fingerprint density at radius 1 is 1.39 bits per heavy atom. The maximum Gasteiger partial charge on any atom is 0.329 e. The Hall–Kier alpha value is -1.06. The number of rotatable bonds is 5. The van der Waals surface area contributed by atoms with E-state index >= 15 is 0 Å². The molecule has 0 spiro atoms. The third-order valence-electron chi connectivity index (χ3n) is 4.65. The van der Waals surface area contributed by atoms with Crippen LogP contribution in [0.15, 0.2) is 0 Å². The van der Waals surface area contributed by atoms with E-state index in [1.807, 2.05) is 0 Å². The van der Waals surface area contributed by atoms with Gasteiger partial charge < -0.3 is 10.0 Å². The van der Waals surface area contributed by atoms with Crippen LogP contribution in [0.2, 0.25) is 0 Å². The van der Waals surface area contributed by atoms with Crippen LogP contribution in [0.25, 0.3) is 0 Å². The molecule has 102 valence electrons. The Morgan fingerprint density at radius 3 is 2.50 bits per heavy atom. The second-order valence-electron chi connectivity index (χ2n) is 6.18. The lowest BCUT2D eigenvalue weighted by molar-refractivity contribution is -0.160. The summed E-state index contributed by atoms with van der Waals surface area (Å²) in [6.45, 7) is 4.29. The SMILES string of the molecule is CC(C)C1CCCC(C(=O)O)(N(C=O)C2CC2)C1. The minimum Gasteiger partial charge on any atom is -0.479 e. The van der Waals surface area contributed by atoms with Gasteiger partial charge in [-0.1, -0.05) is 20.3 Å². The van der Waals surface area contributed by atoms with Crippen molar-refractivity contribution in [3.8, 4) is 0 Å². The predicted molar refractivity (Wildman–Crippen MR) is 68.1 cm³/mol.